The van der Waals surface area contributed by atoms with E-state index in [1.807, 2.05) is 66.7 Å². The summed E-state index contributed by atoms with van der Waals surface area (Å²) in [4.78, 5) is 13.5. The Hall–Kier alpha value is -2.43. The first-order valence-electron chi connectivity index (χ1n) is 8.07. The molecule has 0 bridgehead atoms. The number of anilines is 1. The molecule has 132 valence electrons. The molecule has 0 aliphatic rings. The number of nitrogens with one attached hydrogen (secondary N) is 1. The Balaban J connectivity index is 1.59. The Morgan fingerprint density at radius 3 is 2.46 bits per heavy atom. The molecule has 3 nitrogen and oxygen atoms in total. The van der Waals surface area contributed by atoms with Crippen molar-refractivity contribution in [1.82, 2.24) is 0 Å². The van der Waals surface area contributed by atoms with Crippen molar-refractivity contribution in [3.63, 3.8) is 0 Å². The van der Waals surface area contributed by atoms with Gasteiger partial charge in [0.2, 0.25) is 0 Å². The molecule has 26 heavy (non-hydrogen) atoms. The molecule has 0 aromatic heterocycles. The van der Waals surface area contributed by atoms with Gasteiger partial charge in [-0.2, -0.15) is 0 Å². The van der Waals surface area contributed by atoms with E-state index in [1.165, 1.54) is 0 Å². The summed E-state index contributed by atoms with van der Waals surface area (Å²) < 4.78 is 5.17. The van der Waals surface area contributed by atoms with Crippen LogP contribution in [0.1, 0.15) is 15.9 Å². The average Bonchev–Trinajstić information content (AvgIpc) is 2.68. The third kappa shape index (κ3) is 5.04. The molecule has 0 atom stereocenters. The number of carbonyl (C=O) groups excluding carboxylic acids is 1. The van der Waals surface area contributed by atoms with Crippen LogP contribution in [0.2, 0.25) is 5.02 Å². The van der Waals surface area contributed by atoms with E-state index in [0.29, 0.717) is 17.0 Å². The van der Waals surface area contributed by atoms with E-state index in [2.05, 4.69) is 5.32 Å². The minimum atomic E-state index is -0.143. The molecule has 3 rings (SSSR count). The van der Waals surface area contributed by atoms with Crippen LogP contribution in [0.3, 0.4) is 0 Å². The molecule has 0 spiro atoms. The molecular weight excluding hydrogens is 366 g/mol. The van der Waals surface area contributed by atoms with E-state index in [4.69, 9.17) is 16.3 Å². The van der Waals surface area contributed by atoms with E-state index < -0.39 is 0 Å². The zero-order chi connectivity index (χ0) is 18.4. The molecule has 3 aromatic rings. The maximum absolute atomic E-state index is 12.4. The summed E-state index contributed by atoms with van der Waals surface area (Å²) in [6, 6.07) is 22.7. The highest BCUT2D eigenvalue weighted by Gasteiger charge is 2.07. The van der Waals surface area contributed by atoms with Gasteiger partial charge in [-0.1, -0.05) is 29.8 Å². The lowest BCUT2D eigenvalue weighted by Gasteiger charge is -2.08. The van der Waals surface area contributed by atoms with E-state index >= 15 is 0 Å². The molecule has 3 aromatic carbocycles. The number of rotatable bonds is 6. The quantitative estimate of drug-likeness (QED) is 0.539. The first-order valence-corrected chi connectivity index (χ1v) is 9.43. The van der Waals surface area contributed by atoms with Gasteiger partial charge in [-0.25, -0.2) is 0 Å². The topological polar surface area (TPSA) is 38.3 Å². The molecule has 0 fully saturated rings. The van der Waals surface area contributed by atoms with Gasteiger partial charge >= 0.3 is 0 Å². The van der Waals surface area contributed by atoms with Gasteiger partial charge in [0.1, 0.15) is 5.75 Å². The van der Waals surface area contributed by atoms with Crippen LogP contribution in [0.5, 0.6) is 5.75 Å². The van der Waals surface area contributed by atoms with Crippen LogP contribution in [0, 0.1) is 0 Å². The summed E-state index contributed by atoms with van der Waals surface area (Å²) in [6.45, 7) is 0. The monoisotopic (exact) mass is 383 g/mol. The van der Waals surface area contributed by atoms with Crippen molar-refractivity contribution >= 4 is 35.0 Å². The summed E-state index contributed by atoms with van der Waals surface area (Å²) >= 11 is 7.63. The van der Waals surface area contributed by atoms with Crippen molar-refractivity contribution in [3.8, 4) is 5.75 Å². The fourth-order valence-electron chi connectivity index (χ4n) is 2.35. The van der Waals surface area contributed by atoms with E-state index in [-0.39, 0.29) is 5.91 Å². The van der Waals surface area contributed by atoms with Gasteiger partial charge in [0.05, 0.1) is 7.11 Å². The highest BCUT2D eigenvalue weighted by atomic mass is 35.5. The minimum Gasteiger partial charge on any atom is -0.497 e. The third-order valence-electron chi connectivity index (χ3n) is 3.76. The van der Waals surface area contributed by atoms with Gasteiger partial charge in [0.25, 0.3) is 5.91 Å². The number of carbonyl (C=O) groups is 1. The highest BCUT2D eigenvalue weighted by Crippen LogP contribution is 2.24. The zero-order valence-corrected chi connectivity index (χ0v) is 15.8. The van der Waals surface area contributed by atoms with Gasteiger partial charge in [-0.3, -0.25) is 4.79 Å². The van der Waals surface area contributed by atoms with Gasteiger partial charge in [-0.15, -0.1) is 11.8 Å². The Kier molecular flexibility index (Phi) is 6.21. The van der Waals surface area contributed by atoms with Crippen LogP contribution in [0.25, 0.3) is 0 Å². The van der Waals surface area contributed by atoms with E-state index in [0.717, 1.165) is 21.2 Å². The predicted octanol–water partition coefficient (Wildman–Crippen LogP) is 5.89. The van der Waals surface area contributed by atoms with E-state index in [1.54, 1.807) is 24.9 Å². The lowest BCUT2D eigenvalue weighted by Crippen LogP contribution is -2.11. The van der Waals surface area contributed by atoms with Crippen molar-refractivity contribution in [1.29, 1.82) is 0 Å². The van der Waals surface area contributed by atoms with Crippen molar-refractivity contribution < 1.29 is 9.53 Å². The second-order valence-corrected chi connectivity index (χ2v) is 7.11. The first-order chi connectivity index (χ1) is 12.6. The lowest BCUT2D eigenvalue weighted by molar-refractivity contribution is 0.102. The molecule has 0 saturated carbocycles. The van der Waals surface area contributed by atoms with Crippen LogP contribution in [-0.2, 0) is 5.75 Å². The number of hydrogen-bond donors (Lipinski definition) is 1. The van der Waals surface area contributed by atoms with Crippen molar-refractivity contribution in [2.45, 2.75) is 10.6 Å². The summed E-state index contributed by atoms with van der Waals surface area (Å²) in [5.74, 6) is 1.40. The second-order valence-electron chi connectivity index (χ2n) is 5.63. The van der Waals surface area contributed by atoms with Crippen LogP contribution in [0.4, 0.5) is 5.69 Å². The van der Waals surface area contributed by atoms with Crippen molar-refractivity contribution in [2.24, 2.45) is 0 Å². The molecule has 1 N–H and O–H groups in total. The van der Waals surface area contributed by atoms with Crippen molar-refractivity contribution in [2.75, 3.05) is 12.4 Å². The number of amides is 1. The van der Waals surface area contributed by atoms with Gasteiger partial charge in [-0.05, 0) is 54.1 Å². The summed E-state index contributed by atoms with van der Waals surface area (Å²) in [7, 11) is 1.60. The lowest BCUT2D eigenvalue weighted by atomic mass is 10.1. The SMILES string of the molecule is COc1cccc(NC(=O)c2ccc(CSc3ccc(Cl)cc3)cc2)c1. The third-order valence-corrected chi connectivity index (χ3v) is 5.10. The number of halogens is 1. The fourth-order valence-corrected chi connectivity index (χ4v) is 3.33. The second kappa shape index (κ2) is 8.79. The Labute approximate surface area is 162 Å². The molecule has 0 radical (unpaired) electrons. The maximum Gasteiger partial charge on any atom is 0.255 e. The van der Waals surface area contributed by atoms with Crippen LogP contribution < -0.4 is 10.1 Å². The predicted molar refractivity (Wildman–Crippen MR) is 108 cm³/mol. The molecule has 0 aliphatic heterocycles. The number of thioether (sulfide) groups is 1. The Morgan fingerprint density at radius 2 is 1.77 bits per heavy atom. The number of methoxy groups -OCH3 is 1. The Morgan fingerprint density at radius 1 is 1.04 bits per heavy atom. The van der Waals surface area contributed by atoms with Crippen LogP contribution in [-0.4, -0.2) is 13.0 Å². The van der Waals surface area contributed by atoms with Gasteiger partial charge < -0.3 is 10.1 Å². The standard InChI is InChI=1S/C21H18ClNO2S/c1-25-19-4-2-3-18(13-19)23-21(24)16-7-5-15(6-8-16)14-26-20-11-9-17(22)10-12-20/h2-13H,14H2,1H3,(H,23,24). The highest BCUT2D eigenvalue weighted by molar-refractivity contribution is 7.98. The Bertz CT molecular complexity index is 879. The summed E-state index contributed by atoms with van der Waals surface area (Å²) in [5.41, 5.74) is 2.48. The number of ether oxygens (including phenoxy) is 1. The van der Waals surface area contributed by atoms with Crippen molar-refractivity contribution in [3.05, 3.63) is 88.9 Å². The summed E-state index contributed by atoms with van der Waals surface area (Å²) in [6.07, 6.45) is 0. The molecule has 5 heteroatoms. The maximum atomic E-state index is 12.4. The summed E-state index contributed by atoms with van der Waals surface area (Å²) in [5, 5.41) is 3.62. The van der Waals surface area contributed by atoms with Crippen LogP contribution >= 0.6 is 23.4 Å². The largest absolute Gasteiger partial charge is 0.497 e. The van der Waals surface area contributed by atoms with Gasteiger partial charge in [0.15, 0.2) is 0 Å². The molecule has 0 aliphatic carbocycles. The molecule has 0 saturated heterocycles. The molecular formula is C21H18ClNO2S. The first kappa shape index (κ1) is 18.4. The molecule has 0 heterocycles. The fraction of sp³-hybridized carbons (Fsp3) is 0.0952. The normalized spacial score (nSPS) is 10.4. The number of hydrogen-bond acceptors (Lipinski definition) is 3. The average molecular weight is 384 g/mol. The van der Waals surface area contributed by atoms with E-state index in [9.17, 15) is 4.79 Å². The zero-order valence-electron chi connectivity index (χ0n) is 14.2. The van der Waals surface area contributed by atoms with Crippen LogP contribution in [0.15, 0.2) is 77.7 Å². The minimum absolute atomic E-state index is 0.143. The molecule has 1 amide bonds. The number of benzene rings is 3. The molecule has 0 unspecified atom stereocenters. The smallest absolute Gasteiger partial charge is 0.255 e. The van der Waals surface area contributed by atoms with Gasteiger partial charge in [0, 0.05) is 33.0 Å².